The minimum atomic E-state index is -0.995. The van der Waals surface area contributed by atoms with E-state index in [2.05, 4.69) is 10.3 Å². The number of fused-ring (bicyclic) bond motifs is 1. The first-order chi connectivity index (χ1) is 18.5. The first-order valence-corrected chi connectivity index (χ1v) is 12.4. The molecule has 1 aromatic heterocycles. The molecule has 0 bridgehead atoms. The number of likely N-dealkylation sites (tertiary alicyclic amines) is 1. The van der Waals surface area contributed by atoms with Crippen LogP contribution in [0.5, 0.6) is 17.2 Å². The van der Waals surface area contributed by atoms with E-state index in [-0.39, 0.29) is 37.3 Å². The minimum Gasteiger partial charge on any atom is -0.493 e. The Bertz CT molecular complexity index is 1310. The Morgan fingerprint density at radius 3 is 2.74 bits per heavy atom. The minimum absolute atomic E-state index is 0.0340. The van der Waals surface area contributed by atoms with Crippen LogP contribution in [0.1, 0.15) is 33.8 Å². The zero-order valence-corrected chi connectivity index (χ0v) is 20.6. The Hall–Kier alpha value is -4.34. The van der Waals surface area contributed by atoms with Crippen LogP contribution in [0.2, 0.25) is 0 Å². The van der Waals surface area contributed by atoms with Crippen LogP contribution < -0.4 is 19.5 Å². The molecule has 1 saturated heterocycles. The van der Waals surface area contributed by atoms with Crippen molar-refractivity contribution in [1.29, 1.82) is 0 Å². The van der Waals surface area contributed by atoms with E-state index in [0.29, 0.717) is 43.2 Å². The van der Waals surface area contributed by atoms with Crippen LogP contribution in [0.25, 0.3) is 0 Å². The van der Waals surface area contributed by atoms with Crippen LogP contribution in [-0.4, -0.2) is 60.0 Å². The molecule has 2 atom stereocenters. The summed E-state index contributed by atoms with van der Waals surface area (Å²) < 4.78 is 31.5. The monoisotopic (exact) mass is 521 g/mol. The average molecular weight is 522 g/mol. The number of aromatic nitrogens is 1. The number of hydrogen-bond acceptors (Lipinski definition) is 6. The van der Waals surface area contributed by atoms with Crippen molar-refractivity contribution in [3.63, 3.8) is 0 Å². The number of ether oxygens (including phenoxy) is 3. The maximum atomic E-state index is 14.7. The van der Waals surface area contributed by atoms with Crippen molar-refractivity contribution < 1.29 is 33.3 Å². The summed E-state index contributed by atoms with van der Waals surface area (Å²) in [7, 11) is 0. The van der Waals surface area contributed by atoms with E-state index in [9.17, 15) is 19.1 Å². The van der Waals surface area contributed by atoms with Crippen LogP contribution in [0.15, 0.2) is 60.9 Å². The standard InChI is InChI=1S/C28H28FN3O6/c29-24-3-1-19(13-23(24)27(33)31-11-7-18-5-9-30-10-6-18)22-8-12-32(28(34)35)15-20(22)16-36-21-2-4-25-26(14-21)38-17-37-25/h1-6,9-10,13-14,20,22H,7-8,11-12,15-17H2,(H,31,33)(H,34,35)/t20-,22-/m0/s1. The topological polar surface area (TPSA) is 110 Å². The van der Waals surface area contributed by atoms with Crippen molar-refractivity contribution in [2.75, 3.05) is 33.0 Å². The van der Waals surface area contributed by atoms with E-state index >= 15 is 0 Å². The van der Waals surface area contributed by atoms with E-state index < -0.39 is 17.8 Å². The highest BCUT2D eigenvalue weighted by Crippen LogP contribution is 2.37. The fraction of sp³-hybridized carbons (Fsp3) is 0.321. The molecule has 198 valence electrons. The smallest absolute Gasteiger partial charge is 0.407 e. The lowest BCUT2D eigenvalue weighted by molar-refractivity contribution is 0.0937. The van der Waals surface area contributed by atoms with Crippen LogP contribution in [-0.2, 0) is 6.42 Å². The van der Waals surface area contributed by atoms with Crippen LogP contribution >= 0.6 is 0 Å². The number of carboxylic acid groups (broad SMARTS) is 1. The highest BCUT2D eigenvalue weighted by molar-refractivity contribution is 5.94. The van der Waals surface area contributed by atoms with Crippen molar-refractivity contribution in [3.05, 3.63) is 83.4 Å². The van der Waals surface area contributed by atoms with Crippen molar-refractivity contribution in [2.24, 2.45) is 5.92 Å². The van der Waals surface area contributed by atoms with Gasteiger partial charge in [-0.25, -0.2) is 9.18 Å². The van der Waals surface area contributed by atoms with Crippen molar-refractivity contribution in [2.45, 2.75) is 18.8 Å². The Morgan fingerprint density at radius 2 is 1.92 bits per heavy atom. The van der Waals surface area contributed by atoms with Gasteiger partial charge in [0, 0.05) is 44.0 Å². The number of carbonyl (C=O) groups excluding carboxylic acids is 1. The molecule has 5 rings (SSSR count). The molecule has 0 unspecified atom stereocenters. The number of pyridine rings is 1. The third kappa shape index (κ3) is 5.80. The van der Waals surface area contributed by atoms with E-state index in [1.807, 2.05) is 12.1 Å². The number of nitrogens with one attached hydrogen (secondary N) is 1. The second kappa shape index (κ2) is 11.4. The molecule has 2 aliphatic rings. The Morgan fingerprint density at radius 1 is 1.11 bits per heavy atom. The fourth-order valence-corrected chi connectivity index (χ4v) is 4.90. The molecule has 0 aliphatic carbocycles. The maximum absolute atomic E-state index is 14.7. The van der Waals surface area contributed by atoms with E-state index in [1.54, 1.807) is 42.7 Å². The molecule has 0 spiro atoms. The molecular formula is C28H28FN3O6. The number of piperidine rings is 1. The molecular weight excluding hydrogens is 493 g/mol. The van der Waals surface area contributed by atoms with Gasteiger partial charge in [0.1, 0.15) is 11.6 Å². The fourth-order valence-electron chi connectivity index (χ4n) is 4.90. The Kier molecular flexibility index (Phi) is 7.57. The largest absolute Gasteiger partial charge is 0.493 e. The first-order valence-electron chi connectivity index (χ1n) is 12.4. The van der Waals surface area contributed by atoms with Gasteiger partial charge < -0.3 is 29.5 Å². The van der Waals surface area contributed by atoms with Gasteiger partial charge >= 0.3 is 6.09 Å². The molecule has 1 fully saturated rings. The summed E-state index contributed by atoms with van der Waals surface area (Å²) in [4.78, 5) is 29.8. The van der Waals surface area contributed by atoms with E-state index in [0.717, 1.165) is 11.1 Å². The van der Waals surface area contributed by atoms with Gasteiger partial charge in [-0.15, -0.1) is 0 Å². The highest BCUT2D eigenvalue weighted by atomic mass is 19.1. The summed E-state index contributed by atoms with van der Waals surface area (Å²) in [6.07, 6.45) is 3.49. The van der Waals surface area contributed by atoms with Gasteiger partial charge in [-0.2, -0.15) is 0 Å². The van der Waals surface area contributed by atoms with Gasteiger partial charge in [-0.05, 0) is 66.3 Å². The summed E-state index contributed by atoms with van der Waals surface area (Å²) in [6, 6.07) is 13.5. The normalized spacial score (nSPS) is 18.2. The summed E-state index contributed by atoms with van der Waals surface area (Å²) in [5.41, 5.74) is 1.76. The number of nitrogens with zero attached hydrogens (tertiary/aromatic N) is 2. The molecule has 3 heterocycles. The number of amides is 2. The van der Waals surface area contributed by atoms with E-state index in [1.165, 1.54) is 11.0 Å². The highest BCUT2D eigenvalue weighted by Gasteiger charge is 2.34. The lowest BCUT2D eigenvalue weighted by Crippen LogP contribution is -2.44. The predicted octanol–water partition coefficient (Wildman–Crippen LogP) is 4.08. The van der Waals surface area contributed by atoms with Gasteiger partial charge in [0.15, 0.2) is 11.5 Å². The van der Waals surface area contributed by atoms with Gasteiger partial charge in [-0.1, -0.05) is 6.07 Å². The third-order valence-electron chi connectivity index (χ3n) is 6.92. The second-order valence-electron chi connectivity index (χ2n) is 9.31. The number of halogens is 1. The van der Waals surface area contributed by atoms with Gasteiger partial charge in [0.2, 0.25) is 6.79 Å². The van der Waals surface area contributed by atoms with Crippen molar-refractivity contribution >= 4 is 12.0 Å². The van der Waals surface area contributed by atoms with Crippen molar-refractivity contribution in [1.82, 2.24) is 15.2 Å². The summed E-state index contributed by atoms with van der Waals surface area (Å²) in [6.45, 7) is 1.34. The van der Waals surface area contributed by atoms with E-state index in [4.69, 9.17) is 14.2 Å². The maximum Gasteiger partial charge on any atom is 0.407 e. The summed E-state index contributed by atoms with van der Waals surface area (Å²) >= 11 is 0. The Labute approximate surface area is 219 Å². The number of rotatable bonds is 8. The quantitative estimate of drug-likeness (QED) is 0.460. The third-order valence-corrected chi connectivity index (χ3v) is 6.92. The molecule has 2 aromatic carbocycles. The molecule has 2 amide bonds. The molecule has 2 N–H and O–H groups in total. The Balaban J connectivity index is 1.29. The van der Waals surface area contributed by atoms with Crippen molar-refractivity contribution in [3.8, 4) is 17.2 Å². The molecule has 10 heteroatoms. The van der Waals surface area contributed by atoms with Crippen LogP contribution in [0.4, 0.5) is 9.18 Å². The number of benzene rings is 2. The van der Waals surface area contributed by atoms with Gasteiger partial charge in [-0.3, -0.25) is 9.78 Å². The molecule has 0 saturated carbocycles. The van der Waals surface area contributed by atoms with Gasteiger partial charge in [0.05, 0.1) is 12.2 Å². The molecule has 9 nitrogen and oxygen atoms in total. The predicted molar refractivity (Wildman–Crippen MR) is 135 cm³/mol. The summed E-state index contributed by atoms with van der Waals surface area (Å²) in [5.74, 6) is 0.382. The SMILES string of the molecule is O=C(NCCc1ccncc1)c1cc([C@@H]2CCN(C(=O)O)C[C@H]2COc2ccc3c(c2)OCO3)ccc1F. The van der Waals surface area contributed by atoms with Gasteiger partial charge in [0.25, 0.3) is 5.91 Å². The average Bonchev–Trinajstić information content (AvgIpc) is 3.40. The number of carbonyl (C=O) groups is 2. The zero-order chi connectivity index (χ0) is 26.5. The molecule has 2 aliphatic heterocycles. The number of hydrogen-bond donors (Lipinski definition) is 2. The summed E-state index contributed by atoms with van der Waals surface area (Å²) in [5, 5.41) is 12.4. The second-order valence-corrected chi connectivity index (χ2v) is 9.31. The molecule has 3 aromatic rings. The molecule has 38 heavy (non-hydrogen) atoms. The van der Waals surface area contributed by atoms with Crippen LogP contribution in [0, 0.1) is 11.7 Å². The first kappa shape index (κ1) is 25.3. The lowest BCUT2D eigenvalue weighted by Gasteiger charge is -2.37. The lowest BCUT2D eigenvalue weighted by atomic mass is 9.80. The van der Waals surface area contributed by atoms with Crippen LogP contribution in [0.3, 0.4) is 0 Å². The molecule has 0 radical (unpaired) electrons. The zero-order valence-electron chi connectivity index (χ0n) is 20.6.